The molecule has 0 bridgehead atoms. The minimum Gasteiger partial charge on any atom is -0.424 e. The molecule has 0 amide bonds. The average Bonchev–Trinajstić information content (AvgIpc) is 3.27. The molecule has 2 aromatic heterocycles. The number of carbonyl (C=O) groups excluding carboxylic acids is 2. The van der Waals surface area contributed by atoms with Crippen LogP contribution in [0, 0.1) is 6.92 Å². The maximum Gasteiger partial charge on any atom is 0.347 e. The minimum absolute atomic E-state index is 0.0592. The van der Waals surface area contributed by atoms with Gasteiger partial charge in [-0.2, -0.15) is 0 Å². The van der Waals surface area contributed by atoms with Gasteiger partial charge in [-0.3, -0.25) is 9.59 Å². The van der Waals surface area contributed by atoms with Crippen LogP contribution in [0.1, 0.15) is 28.4 Å². The Kier molecular flexibility index (Phi) is 5.54. The predicted molar refractivity (Wildman–Crippen MR) is 131 cm³/mol. The standard InChI is InChI=1S/C27H19N3O5/c1-16-7-11-25-19(13-16)15-20(27(33)35-25)24(32)10-8-18-9-12-26(34-17(2)31)23(14-18)30-28-21-5-3-4-6-22(21)29-30/h3-15H,1-2H3/b10-8+. The van der Waals surface area contributed by atoms with E-state index in [0.29, 0.717) is 33.3 Å². The third-order valence-electron chi connectivity index (χ3n) is 5.32. The number of fused-ring (bicyclic) bond motifs is 2. The highest BCUT2D eigenvalue weighted by Crippen LogP contribution is 2.26. The number of ketones is 1. The van der Waals surface area contributed by atoms with Crippen molar-refractivity contribution in [3.8, 4) is 11.4 Å². The van der Waals surface area contributed by atoms with Crippen molar-refractivity contribution < 1.29 is 18.7 Å². The van der Waals surface area contributed by atoms with Gasteiger partial charge < -0.3 is 9.15 Å². The third-order valence-corrected chi connectivity index (χ3v) is 5.32. The number of carbonyl (C=O) groups is 2. The molecule has 8 heteroatoms. The number of nitrogens with zero attached hydrogens (tertiary/aromatic N) is 3. The number of benzene rings is 3. The molecule has 0 aliphatic carbocycles. The highest BCUT2D eigenvalue weighted by Gasteiger charge is 2.14. The molecule has 0 unspecified atom stereocenters. The van der Waals surface area contributed by atoms with Crippen molar-refractivity contribution in [1.82, 2.24) is 15.0 Å². The lowest BCUT2D eigenvalue weighted by Gasteiger charge is -2.09. The SMILES string of the molecule is CC(=O)Oc1ccc(/C=C/C(=O)c2cc3cc(C)ccc3oc2=O)cc1-n1nc2ccccc2n1. The van der Waals surface area contributed by atoms with E-state index in [2.05, 4.69) is 10.2 Å². The number of ether oxygens (including phenoxy) is 1. The van der Waals surface area contributed by atoms with Crippen LogP contribution in [0.5, 0.6) is 5.75 Å². The normalized spacial score (nSPS) is 11.4. The van der Waals surface area contributed by atoms with Gasteiger partial charge in [0, 0.05) is 12.3 Å². The molecule has 35 heavy (non-hydrogen) atoms. The first-order valence-electron chi connectivity index (χ1n) is 10.8. The molecule has 3 aromatic carbocycles. The molecule has 5 rings (SSSR count). The summed E-state index contributed by atoms with van der Waals surface area (Å²) < 4.78 is 10.6. The number of rotatable bonds is 5. The summed E-state index contributed by atoms with van der Waals surface area (Å²) in [4.78, 5) is 38.1. The Labute approximate surface area is 199 Å². The first-order chi connectivity index (χ1) is 16.9. The van der Waals surface area contributed by atoms with Crippen LogP contribution in [0.15, 0.2) is 82.0 Å². The molecule has 0 aliphatic rings. The van der Waals surface area contributed by atoms with Crippen molar-refractivity contribution in [3.63, 3.8) is 0 Å². The van der Waals surface area contributed by atoms with Crippen molar-refractivity contribution in [2.45, 2.75) is 13.8 Å². The number of hydrogen-bond donors (Lipinski definition) is 0. The number of esters is 1. The van der Waals surface area contributed by atoms with Gasteiger partial charge in [-0.15, -0.1) is 15.0 Å². The van der Waals surface area contributed by atoms with Gasteiger partial charge >= 0.3 is 11.6 Å². The van der Waals surface area contributed by atoms with Gasteiger partial charge in [-0.05, 0) is 61.0 Å². The zero-order valence-corrected chi connectivity index (χ0v) is 18.9. The van der Waals surface area contributed by atoms with E-state index in [1.54, 1.807) is 30.3 Å². The van der Waals surface area contributed by atoms with E-state index in [9.17, 15) is 14.4 Å². The van der Waals surface area contributed by atoms with Crippen LogP contribution in [-0.4, -0.2) is 26.7 Å². The molecular weight excluding hydrogens is 446 g/mol. The molecule has 0 saturated carbocycles. The highest BCUT2D eigenvalue weighted by molar-refractivity contribution is 6.07. The molecule has 0 radical (unpaired) electrons. The van der Waals surface area contributed by atoms with E-state index in [0.717, 1.165) is 5.56 Å². The van der Waals surface area contributed by atoms with Crippen LogP contribution in [0.25, 0.3) is 33.8 Å². The van der Waals surface area contributed by atoms with E-state index in [-0.39, 0.29) is 11.3 Å². The van der Waals surface area contributed by atoms with Crippen molar-refractivity contribution >= 4 is 39.8 Å². The Morgan fingerprint density at radius 1 is 0.971 bits per heavy atom. The fourth-order valence-corrected chi connectivity index (χ4v) is 3.68. The minimum atomic E-state index is -0.700. The topological polar surface area (TPSA) is 104 Å². The number of hydrogen-bond acceptors (Lipinski definition) is 7. The van der Waals surface area contributed by atoms with Crippen LogP contribution in [0.3, 0.4) is 0 Å². The molecule has 0 aliphatic heterocycles. The predicted octanol–water partition coefficient (Wildman–Crippen LogP) is 4.66. The van der Waals surface area contributed by atoms with Crippen LogP contribution < -0.4 is 10.4 Å². The van der Waals surface area contributed by atoms with E-state index >= 15 is 0 Å². The molecule has 0 atom stereocenters. The van der Waals surface area contributed by atoms with Gasteiger partial charge in [0.25, 0.3) is 0 Å². The molecule has 172 valence electrons. The molecule has 0 saturated heterocycles. The zero-order chi connectivity index (χ0) is 24.5. The largest absolute Gasteiger partial charge is 0.424 e. The first-order valence-corrected chi connectivity index (χ1v) is 10.8. The highest BCUT2D eigenvalue weighted by atomic mass is 16.5. The van der Waals surface area contributed by atoms with Gasteiger partial charge in [0.2, 0.25) is 0 Å². The van der Waals surface area contributed by atoms with Gasteiger partial charge in [0.05, 0.1) is 0 Å². The molecule has 2 heterocycles. The molecule has 8 nitrogen and oxygen atoms in total. The smallest absolute Gasteiger partial charge is 0.347 e. The Morgan fingerprint density at radius 3 is 2.43 bits per heavy atom. The zero-order valence-electron chi connectivity index (χ0n) is 18.9. The second-order valence-electron chi connectivity index (χ2n) is 7.99. The molecule has 5 aromatic rings. The van der Waals surface area contributed by atoms with E-state index in [1.807, 2.05) is 43.3 Å². The Morgan fingerprint density at radius 2 is 1.71 bits per heavy atom. The number of aromatic nitrogens is 3. The number of allylic oxidation sites excluding steroid dienone is 1. The van der Waals surface area contributed by atoms with Gasteiger partial charge in [-0.25, -0.2) is 4.79 Å². The van der Waals surface area contributed by atoms with Gasteiger partial charge in [0.1, 0.15) is 27.9 Å². The van der Waals surface area contributed by atoms with E-state index < -0.39 is 17.4 Å². The molecule has 0 fully saturated rings. The lowest BCUT2D eigenvalue weighted by molar-refractivity contribution is -0.131. The first kappa shape index (κ1) is 22.0. The van der Waals surface area contributed by atoms with Crippen molar-refractivity contribution in [2.24, 2.45) is 0 Å². The van der Waals surface area contributed by atoms with Crippen LogP contribution in [0.4, 0.5) is 0 Å². The summed E-state index contributed by atoms with van der Waals surface area (Å²) in [6.07, 6.45) is 2.86. The molecule has 0 spiro atoms. The maximum absolute atomic E-state index is 12.8. The summed E-state index contributed by atoms with van der Waals surface area (Å²) in [7, 11) is 0. The summed E-state index contributed by atoms with van der Waals surface area (Å²) in [5.74, 6) is -0.706. The van der Waals surface area contributed by atoms with Crippen LogP contribution in [0.2, 0.25) is 0 Å². The molecular formula is C27H19N3O5. The van der Waals surface area contributed by atoms with Crippen molar-refractivity contribution in [3.05, 3.63) is 99.9 Å². The maximum atomic E-state index is 12.8. The second kappa shape index (κ2) is 8.83. The fourth-order valence-electron chi connectivity index (χ4n) is 3.68. The van der Waals surface area contributed by atoms with Crippen molar-refractivity contribution in [2.75, 3.05) is 0 Å². The number of aryl methyl sites for hydroxylation is 1. The van der Waals surface area contributed by atoms with Crippen LogP contribution >= 0.6 is 0 Å². The average molecular weight is 465 g/mol. The summed E-state index contributed by atoms with van der Waals surface area (Å²) in [5.41, 5.74) is 3.04. The summed E-state index contributed by atoms with van der Waals surface area (Å²) in [5, 5.41) is 9.58. The van der Waals surface area contributed by atoms with E-state index in [1.165, 1.54) is 23.9 Å². The third kappa shape index (κ3) is 4.49. The second-order valence-corrected chi connectivity index (χ2v) is 7.99. The Bertz CT molecular complexity index is 1680. The summed E-state index contributed by atoms with van der Waals surface area (Å²) in [6, 6.07) is 19.2. The summed E-state index contributed by atoms with van der Waals surface area (Å²) in [6.45, 7) is 3.22. The van der Waals surface area contributed by atoms with Gasteiger partial charge in [-0.1, -0.05) is 35.9 Å². The Balaban J connectivity index is 1.51. The fraction of sp³-hybridized carbons (Fsp3) is 0.0741. The monoisotopic (exact) mass is 465 g/mol. The molecule has 0 N–H and O–H groups in total. The summed E-state index contributed by atoms with van der Waals surface area (Å²) >= 11 is 0. The van der Waals surface area contributed by atoms with Gasteiger partial charge in [0.15, 0.2) is 11.5 Å². The van der Waals surface area contributed by atoms with Crippen molar-refractivity contribution in [1.29, 1.82) is 0 Å². The lowest BCUT2D eigenvalue weighted by atomic mass is 10.1. The van der Waals surface area contributed by atoms with E-state index in [4.69, 9.17) is 9.15 Å². The Hall–Kier alpha value is -4.85. The van der Waals surface area contributed by atoms with Crippen LogP contribution in [-0.2, 0) is 4.79 Å². The quantitative estimate of drug-likeness (QED) is 0.122. The lowest BCUT2D eigenvalue weighted by Crippen LogP contribution is -2.12.